The fourth-order valence-electron chi connectivity index (χ4n) is 2.72. The van der Waals surface area contributed by atoms with Crippen molar-refractivity contribution in [3.63, 3.8) is 0 Å². The van der Waals surface area contributed by atoms with Crippen LogP contribution in [-0.2, 0) is 4.74 Å². The van der Waals surface area contributed by atoms with Crippen molar-refractivity contribution >= 4 is 17.8 Å². The molecule has 0 amide bonds. The molecule has 2 saturated heterocycles. The molecule has 0 aromatic carbocycles. The third-order valence-electron chi connectivity index (χ3n) is 3.85. The smallest absolute Gasteiger partial charge is 0.321 e. The molecule has 1 aromatic heterocycles. The molecule has 2 atom stereocenters. The lowest BCUT2D eigenvalue weighted by Crippen LogP contribution is -2.44. The number of aromatic nitrogens is 2. The second kappa shape index (κ2) is 5.32. The summed E-state index contributed by atoms with van der Waals surface area (Å²) < 4.78 is 11.3. The summed E-state index contributed by atoms with van der Waals surface area (Å²) in [5, 5.41) is 7.36. The average Bonchev–Trinajstić information content (AvgIpc) is 3.00. The summed E-state index contributed by atoms with van der Waals surface area (Å²) in [6, 6.07) is 0.935. The molecule has 5 nitrogen and oxygen atoms in total. The lowest BCUT2D eigenvalue weighted by atomic mass is 9.90. The van der Waals surface area contributed by atoms with Crippen molar-refractivity contribution in [1.29, 1.82) is 0 Å². The van der Waals surface area contributed by atoms with E-state index in [4.69, 9.17) is 9.26 Å². The van der Waals surface area contributed by atoms with Crippen LogP contribution in [0.2, 0.25) is 0 Å². The van der Waals surface area contributed by atoms with Crippen molar-refractivity contribution in [2.45, 2.75) is 50.7 Å². The molecular weight excluding hydrogens is 262 g/mol. The first-order valence-corrected chi connectivity index (χ1v) is 8.14. The minimum Gasteiger partial charge on any atom is -0.374 e. The Bertz CT molecular complexity index is 429. The Morgan fingerprint density at radius 3 is 3.05 bits per heavy atom. The first-order valence-electron chi connectivity index (χ1n) is 6.99. The fourth-order valence-corrected chi connectivity index (χ4v) is 4.10. The number of anilines is 1. The minimum absolute atomic E-state index is 0.0848. The molecule has 0 bridgehead atoms. The maximum atomic E-state index is 6.01. The highest BCUT2D eigenvalue weighted by Gasteiger charge is 2.40. The number of thioether (sulfide) groups is 1. The second-order valence-corrected chi connectivity index (χ2v) is 6.89. The van der Waals surface area contributed by atoms with Gasteiger partial charge in [-0.25, -0.2) is 0 Å². The minimum atomic E-state index is 0.0848. The van der Waals surface area contributed by atoms with E-state index in [0.717, 1.165) is 37.4 Å². The van der Waals surface area contributed by atoms with E-state index >= 15 is 0 Å². The molecule has 0 saturated carbocycles. The topological polar surface area (TPSA) is 60.2 Å². The number of hydrogen-bond donors (Lipinski definition) is 1. The number of rotatable bonds is 3. The molecule has 6 heteroatoms. The molecule has 1 aromatic rings. The van der Waals surface area contributed by atoms with E-state index in [9.17, 15) is 0 Å². The van der Waals surface area contributed by atoms with Crippen LogP contribution in [0.25, 0.3) is 0 Å². The Morgan fingerprint density at radius 1 is 1.47 bits per heavy atom. The Kier molecular flexibility index (Phi) is 3.71. The van der Waals surface area contributed by atoms with Gasteiger partial charge in [0.25, 0.3) is 0 Å². The average molecular weight is 283 g/mol. The largest absolute Gasteiger partial charge is 0.374 e. The van der Waals surface area contributed by atoms with Crippen molar-refractivity contribution in [2.75, 3.05) is 23.4 Å². The van der Waals surface area contributed by atoms with E-state index in [2.05, 4.69) is 29.3 Å². The molecule has 3 heterocycles. The summed E-state index contributed by atoms with van der Waals surface area (Å²) >= 11 is 1.99. The van der Waals surface area contributed by atoms with Gasteiger partial charge < -0.3 is 14.6 Å². The summed E-state index contributed by atoms with van der Waals surface area (Å²) in [4.78, 5) is 4.38. The van der Waals surface area contributed by atoms with Crippen molar-refractivity contribution in [1.82, 2.24) is 10.1 Å². The molecule has 0 unspecified atom stereocenters. The third kappa shape index (κ3) is 2.89. The first-order chi connectivity index (χ1) is 9.17. The summed E-state index contributed by atoms with van der Waals surface area (Å²) in [6.07, 6.45) is 3.21. The molecule has 1 spiro atoms. The zero-order valence-corrected chi connectivity index (χ0v) is 12.3. The van der Waals surface area contributed by atoms with Gasteiger partial charge in [-0.3, -0.25) is 0 Å². The van der Waals surface area contributed by atoms with E-state index in [1.807, 2.05) is 11.8 Å². The second-order valence-electron chi connectivity index (χ2n) is 5.78. The normalized spacial score (nSPS) is 31.2. The number of ether oxygens (including phenoxy) is 1. The monoisotopic (exact) mass is 283 g/mol. The highest BCUT2D eigenvalue weighted by Crippen LogP contribution is 2.38. The molecule has 0 aliphatic carbocycles. The van der Waals surface area contributed by atoms with E-state index in [-0.39, 0.29) is 5.60 Å². The van der Waals surface area contributed by atoms with Crippen LogP contribution >= 0.6 is 11.8 Å². The van der Waals surface area contributed by atoms with E-state index in [0.29, 0.717) is 18.0 Å². The summed E-state index contributed by atoms with van der Waals surface area (Å²) in [5.74, 6) is 3.39. The van der Waals surface area contributed by atoms with Crippen LogP contribution in [-0.4, -0.2) is 39.9 Å². The van der Waals surface area contributed by atoms with Gasteiger partial charge in [0, 0.05) is 24.3 Å². The molecule has 3 rings (SSSR count). The molecule has 2 aliphatic rings. The SMILES string of the molecule is CC(C)c1noc(N[C@H]2CCO[C@@]3(CCSC3)C2)n1. The predicted molar refractivity (Wildman–Crippen MR) is 75.7 cm³/mol. The van der Waals surface area contributed by atoms with Gasteiger partial charge in [-0.15, -0.1) is 0 Å². The van der Waals surface area contributed by atoms with Crippen LogP contribution in [0.3, 0.4) is 0 Å². The third-order valence-corrected chi connectivity index (χ3v) is 5.07. The maximum Gasteiger partial charge on any atom is 0.321 e. The standard InChI is InChI=1S/C13H21N3O2S/c1-9(2)11-15-12(18-16-11)14-10-3-5-17-13(7-10)4-6-19-8-13/h9-10H,3-8H2,1-2H3,(H,14,15,16)/t10-,13-/m0/s1. The number of nitrogens with one attached hydrogen (secondary N) is 1. The predicted octanol–water partition coefficient (Wildman–Crippen LogP) is 2.66. The molecular formula is C13H21N3O2S. The van der Waals surface area contributed by atoms with Crippen LogP contribution in [0.5, 0.6) is 0 Å². The highest BCUT2D eigenvalue weighted by molar-refractivity contribution is 7.99. The lowest BCUT2D eigenvalue weighted by molar-refractivity contribution is -0.0630. The van der Waals surface area contributed by atoms with Crippen LogP contribution in [0, 0.1) is 0 Å². The van der Waals surface area contributed by atoms with Gasteiger partial charge in [0.05, 0.1) is 5.60 Å². The van der Waals surface area contributed by atoms with E-state index < -0.39 is 0 Å². The highest BCUT2D eigenvalue weighted by atomic mass is 32.2. The summed E-state index contributed by atoms with van der Waals surface area (Å²) in [7, 11) is 0. The van der Waals surface area contributed by atoms with Gasteiger partial charge in [-0.1, -0.05) is 19.0 Å². The molecule has 106 valence electrons. The van der Waals surface area contributed by atoms with Crippen LogP contribution in [0.1, 0.15) is 44.9 Å². The van der Waals surface area contributed by atoms with Crippen LogP contribution in [0.4, 0.5) is 6.01 Å². The van der Waals surface area contributed by atoms with E-state index in [1.165, 1.54) is 5.75 Å². The van der Waals surface area contributed by atoms with Gasteiger partial charge >= 0.3 is 6.01 Å². The molecule has 19 heavy (non-hydrogen) atoms. The van der Waals surface area contributed by atoms with Gasteiger partial charge in [0.15, 0.2) is 5.82 Å². The quantitative estimate of drug-likeness (QED) is 0.920. The van der Waals surface area contributed by atoms with E-state index in [1.54, 1.807) is 0 Å². The lowest BCUT2D eigenvalue weighted by Gasteiger charge is -2.37. The van der Waals surface area contributed by atoms with Crippen LogP contribution in [0.15, 0.2) is 4.52 Å². The zero-order valence-electron chi connectivity index (χ0n) is 11.5. The molecule has 1 N–H and O–H groups in total. The van der Waals surface area contributed by atoms with Gasteiger partial charge in [-0.2, -0.15) is 16.7 Å². The maximum absolute atomic E-state index is 6.01. The van der Waals surface area contributed by atoms with Crippen molar-refractivity contribution in [2.24, 2.45) is 0 Å². The Labute approximate surface area is 117 Å². The Hall–Kier alpha value is -0.750. The van der Waals surface area contributed by atoms with Crippen LogP contribution < -0.4 is 5.32 Å². The Balaban J connectivity index is 1.62. The van der Waals surface area contributed by atoms with Gasteiger partial charge in [-0.05, 0) is 25.0 Å². The van der Waals surface area contributed by atoms with Crippen molar-refractivity contribution in [3.8, 4) is 0 Å². The van der Waals surface area contributed by atoms with Gasteiger partial charge in [0.2, 0.25) is 0 Å². The first kappa shape index (κ1) is 13.2. The number of nitrogens with zero attached hydrogens (tertiary/aromatic N) is 2. The summed E-state index contributed by atoms with van der Waals surface area (Å²) in [5.41, 5.74) is 0.0848. The number of hydrogen-bond acceptors (Lipinski definition) is 6. The zero-order chi connectivity index (χ0) is 13.3. The van der Waals surface area contributed by atoms with Gasteiger partial charge in [0.1, 0.15) is 0 Å². The summed E-state index contributed by atoms with van der Waals surface area (Å²) in [6.45, 7) is 4.95. The molecule has 2 aliphatic heterocycles. The molecule has 2 fully saturated rings. The Morgan fingerprint density at radius 2 is 2.37 bits per heavy atom. The van der Waals surface area contributed by atoms with Crippen molar-refractivity contribution < 1.29 is 9.26 Å². The molecule has 0 radical (unpaired) electrons. The van der Waals surface area contributed by atoms with Crippen molar-refractivity contribution in [3.05, 3.63) is 5.82 Å². The fraction of sp³-hybridized carbons (Fsp3) is 0.846.